The van der Waals surface area contributed by atoms with Crippen LogP contribution in [-0.4, -0.2) is 31.8 Å². The number of aliphatic imine (C=N–C) groups is 1. The highest BCUT2D eigenvalue weighted by atomic mass is 127. The Morgan fingerprint density at radius 2 is 2.32 bits per heavy atom. The van der Waals surface area contributed by atoms with E-state index in [2.05, 4.69) is 22.5 Å². The van der Waals surface area contributed by atoms with Gasteiger partial charge in [-0.25, -0.2) is 0 Å². The second kappa shape index (κ2) is 7.68. The van der Waals surface area contributed by atoms with Crippen molar-refractivity contribution in [1.82, 2.24) is 10.6 Å². The van der Waals surface area contributed by atoms with Crippen molar-refractivity contribution in [3.63, 3.8) is 0 Å². The van der Waals surface area contributed by atoms with Crippen LogP contribution in [0, 0.1) is 5.41 Å². The van der Waals surface area contributed by atoms with Crippen molar-refractivity contribution >= 4 is 29.9 Å². The van der Waals surface area contributed by atoms with Crippen LogP contribution in [0.4, 0.5) is 0 Å². The van der Waals surface area contributed by atoms with Crippen molar-refractivity contribution in [2.45, 2.75) is 51.3 Å². The molecular formula is C16H26IN3O2. The molecule has 6 heteroatoms. The van der Waals surface area contributed by atoms with Gasteiger partial charge in [0, 0.05) is 37.2 Å². The van der Waals surface area contributed by atoms with Crippen LogP contribution in [0.1, 0.15) is 38.2 Å². The van der Waals surface area contributed by atoms with Gasteiger partial charge in [-0.2, -0.15) is 0 Å². The molecule has 0 saturated heterocycles. The standard InChI is InChI=1S/C16H25N3O2.HI/c1-3-21-14-9-13(16(14)6-4-7-16)19-15(17-2)18-10-12-5-8-20-11-12;/h5,8,11,13-14H,3-4,6-7,9-10H2,1-2H3,(H2,17,18,19);1H. The van der Waals surface area contributed by atoms with Gasteiger partial charge in [0.15, 0.2) is 5.96 Å². The Hall–Kier alpha value is -0.760. The summed E-state index contributed by atoms with van der Waals surface area (Å²) in [5.41, 5.74) is 1.47. The number of furan rings is 1. The third-order valence-corrected chi connectivity index (χ3v) is 5.01. The molecule has 1 spiro atoms. The van der Waals surface area contributed by atoms with Crippen LogP contribution in [0.5, 0.6) is 0 Å². The van der Waals surface area contributed by atoms with Crippen molar-refractivity contribution in [3.8, 4) is 0 Å². The van der Waals surface area contributed by atoms with Crippen molar-refractivity contribution in [1.29, 1.82) is 0 Å². The van der Waals surface area contributed by atoms with Gasteiger partial charge < -0.3 is 19.8 Å². The van der Waals surface area contributed by atoms with Gasteiger partial charge in [-0.1, -0.05) is 6.42 Å². The van der Waals surface area contributed by atoms with Gasteiger partial charge in [0.2, 0.25) is 0 Å². The van der Waals surface area contributed by atoms with E-state index < -0.39 is 0 Å². The van der Waals surface area contributed by atoms with Crippen LogP contribution in [-0.2, 0) is 11.3 Å². The van der Waals surface area contributed by atoms with Gasteiger partial charge in [-0.05, 0) is 32.3 Å². The molecule has 3 rings (SSSR count). The van der Waals surface area contributed by atoms with E-state index in [1.54, 1.807) is 12.5 Å². The third-order valence-electron chi connectivity index (χ3n) is 5.01. The zero-order valence-corrected chi connectivity index (χ0v) is 15.6. The molecule has 1 aromatic rings. The first kappa shape index (κ1) is 17.6. The van der Waals surface area contributed by atoms with Crippen molar-refractivity contribution < 1.29 is 9.15 Å². The predicted octanol–water partition coefficient (Wildman–Crippen LogP) is 2.91. The summed E-state index contributed by atoms with van der Waals surface area (Å²) >= 11 is 0. The maximum atomic E-state index is 5.89. The molecule has 2 aliphatic carbocycles. The molecule has 0 radical (unpaired) electrons. The quantitative estimate of drug-likeness (QED) is 0.438. The van der Waals surface area contributed by atoms with E-state index in [-0.39, 0.29) is 24.0 Å². The first-order valence-electron chi connectivity index (χ1n) is 7.88. The monoisotopic (exact) mass is 419 g/mol. The molecule has 0 aromatic carbocycles. The van der Waals surface area contributed by atoms with Crippen molar-refractivity contribution in [2.75, 3.05) is 13.7 Å². The molecule has 2 aliphatic rings. The van der Waals surface area contributed by atoms with Gasteiger partial charge >= 0.3 is 0 Å². The molecule has 0 amide bonds. The number of guanidine groups is 1. The van der Waals surface area contributed by atoms with E-state index in [9.17, 15) is 0 Å². The van der Waals surface area contributed by atoms with Gasteiger partial charge in [-0.15, -0.1) is 24.0 Å². The lowest BCUT2D eigenvalue weighted by Gasteiger charge is -2.61. The van der Waals surface area contributed by atoms with E-state index in [1.165, 1.54) is 19.3 Å². The van der Waals surface area contributed by atoms with Crippen molar-refractivity contribution in [3.05, 3.63) is 24.2 Å². The molecule has 2 fully saturated rings. The highest BCUT2D eigenvalue weighted by Crippen LogP contribution is 2.57. The summed E-state index contributed by atoms with van der Waals surface area (Å²) in [5, 5.41) is 6.92. The lowest BCUT2D eigenvalue weighted by atomic mass is 9.51. The summed E-state index contributed by atoms with van der Waals surface area (Å²) in [6.07, 6.45) is 8.82. The van der Waals surface area contributed by atoms with Gasteiger partial charge in [0.1, 0.15) is 0 Å². The SMILES string of the molecule is CCOC1CC(NC(=NC)NCc2ccoc2)C12CCC2.I. The summed E-state index contributed by atoms with van der Waals surface area (Å²) in [7, 11) is 1.82. The van der Waals surface area contributed by atoms with E-state index in [0.717, 1.165) is 31.1 Å². The van der Waals surface area contributed by atoms with E-state index in [0.29, 0.717) is 17.6 Å². The number of ether oxygens (including phenoxy) is 1. The van der Waals surface area contributed by atoms with E-state index in [1.807, 2.05) is 13.1 Å². The zero-order chi connectivity index (χ0) is 14.7. The first-order chi connectivity index (χ1) is 10.3. The molecule has 5 nitrogen and oxygen atoms in total. The van der Waals surface area contributed by atoms with Crippen LogP contribution in [0.3, 0.4) is 0 Å². The lowest BCUT2D eigenvalue weighted by Crippen LogP contribution is -2.68. The van der Waals surface area contributed by atoms with E-state index in [4.69, 9.17) is 9.15 Å². The Labute approximate surface area is 149 Å². The number of hydrogen-bond acceptors (Lipinski definition) is 3. The molecule has 22 heavy (non-hydrogen) atoms. The maximum Gasteiger partial charge on any atom is 0.191 e. The first-order valence-corrected chi connectivity index (χ1v) is 7.88. The van der Waals surface area contributed by atoms with Crippen LogP contribution in [0.25, 0.3) is 0 Å². The highest BCUT2D eigenvalue weighted by molar-refractivity contribution is 14.0. The maximum absolute atomic E-state index is 5.89. The highest BCUT2D eigenvalue weighted by Gasteiger charge is 2.59. The minimum Gasteiger partial charge on any atom is -0.472 e. The van der Waals surface area contributed by atoms with Gasteiger partial charge in [0.25, 0.3) is 0 Å². The Balaban J connectivity index is 0.00000176. The normalized spacial score (nSPS) is 25.8. The topological polar surface area (TPSA) is 58.8 Å². The van der Waals surface area contributed by atoms with Crippen LogP contribution >= 0.6 is 24.0 Å². The smallest absolute Gasteiger partial charge is 0.191 e. The average molecular weight is 419 g/mol. The Morgan fingerprint density at radius 3 is 2.86 bits per heavy atom. The number of nitrogens with zero attached hydrogens (tertiary/aromatic N) is 1. The lowest BCUT2D eigenvalue weighted by molar-refractivity contribution is -0.168. The predicted molar refractivity (Wildman–Crippen MR) is 97.6 cm³/mol. The molecule has 1 aromatic heterocycles. The third kappa shape index (κ3) is 3.27. The molecule has 2 unspecified atom stereocenters. The van der Waals surface area contributed by atoms with Crippen LogP contribution in [0.15, 0.2) is 28.0 Å². The molecule has 2 atom stereocenters. The second-order valence-corrected chi connectivity index (χ2v) is 6.02. The molecular weight excluding hydrogens is 393 g/mol. The zero-order valence-electron chi connectivity index (χ0n) is 13.3. The molecule has 124 valence electrons. The molecule has 2 saturated carbocycles. The second-order valence-electron chi connectivity index (χ2n) is 6.02. The number of nitrogens with one attached hydrogen (secondary N) is 2. The molecule has 0 aliphatic heterocycles. The Kier molecular flexibility index (Phi) is 6.14. The number of hydrogen-bond donors (Lipinski definition) is 2. The van der Waals surface area contributed by atoms with Gasteiger partial charge in [0.05, 0.1) is 18.6 Å². The fourth-order valence-corrected chi connectivity index (χ4v) is 3.58. The summed E-state index contributed by atoms with van der Waals surface area (Å²) in [4.78, 5) is 4.33. The fourth-order valence-electron chi connectivity index (χ4n) is 3.58. The van der Waals surface area contributed by atoms with Crippen LogP contribution < -0.4 is 10.6 Å². The summed E-state index contributed by atoms with van der Waals surface area (Å²) in [6, 6.07) is 2.45. The summed E-state index contributed by atoms with van der Waals surface area (Å²) in [6.45, 7) is 3.62. The van der Waals surface area contributed by atoms with Crippen molar-refractivity contribution in [2.24, 2.45) is 10.4 Å². The Bertz CT molecular complexity index is 486. The minimum atomic E-state index is 0. The molecule has 0 bridgehead atoms. The molecule has 1 heterocycles. The summed E-state index contributed by atoms with van der Waals surface area (Å²) in [5.74, 6) is 0.863. The number of rotatable bonds is 5. The van der Waals surface area contributed by atoms with Gasteiger partial charge in [-0.3, -0.25) is 4.99 Å². The van der Waals surface area contributed by atoms with Crippen LogP contribution in [0.2, 0.25) is 0 Å². The van der Waals surface area contributed by atoms with E-state index >= 15 is 0 Å². The summed E-state index contributed by atoms with van der Waals surface area (Å²) < 4.78 is 11.0. The minimum absolute atomic E-state index is 0. The number of halogens is 1. The Morgan fingerprint density at radius 1 is 1.50 bits per heavy atom. The largest absolute Gasteiger partial charge is 0.472 e. The molecule has 2 N–H and O–H groups in total. The average Bonchev–Trinajstić information content (AvgIpc) is 2.92. The fraction of sp³-hybridized carbons (Fsp3) is 0.688.